The summed E-state index contributed by atoms with van der Waals surface area (Å²) in [6.45, 7) is 0. The highest BCUT2D eigenvalue weighted by Gasteiger charge is 2.17. The molecule has 0 aliphatic carbocycles. The maximum absolute atomic E-state index is 3.72. The number of hydrogen-bond acceptors (Lipinski definition) is 0. The van der Waals surface area contributed by atoms with Gasteiger partial charge in [-0.3, -0.25) is 0 Å². The first kappa shape index (κ1) is 15.6. The fraction of sp³-hybridized carbons (Fsp3) is 0. The summed E-state index contributed by atoms with van der Waals surface area (Å²) >= 11 is 14.9. The van der Waals surface area contributed by atoms with Crippen LogP contribution >= 0.6 is 63.7 Å². The molecule has 5 aromatic rings. The highest BCUT2D eigenvalue weighted by Crippen LogP contribution is 2.46. The van der Waals surface area contributed by atoms with Gasteiger partial charge in [0.1, 0.15) is 0 Å². The lowest BCUT2D eigenvalue weighted by Gasteiger charge is -2.17. The Labute approximate surface area is 172 Å². The molecule has 0 heterocycles. The predicted octanol–water partition coefficient (Wildman–Crippen LogP) is 8.79. The minimum Gasteiger partial charge on any atom is -0.0526 e. The number of rotatable bonds is 0. The fourth-order valence-corrected chi connectivity index (χ4v) is 6.43. The van der Waals surface area contributed by atoms with E-state index in [1.807, 2.05) is 0 Å². The Morgan fingerprint density at radius 3 is 0.833 bits per heavy atom. The third-order valence-corrected chi connectivity index (χ3v) is 7.34. The Hall–Kier alpha value is -0.680. The molecule has 5 rings (SSSR count). The molecular formula is C20H8Br4. The third kappa shape index (κ3) is 1.94. The van der Waals surface area contributed by atoms with Crippen LogP contribution in [0.25, 0.3) is 43.1 Å². The van der Waals surface area contributed by atoms with E-state index in [9.17, 15) is 0 Å². The second-order valence-electron chi connectivity index (χ2n) is 5.88. The second kappa shape index (κ2) is 5.41. The molecule has 0 atom stereocenters. The van der Waals surface area contributed by atoms with Gasteiger partial charge in [-0.1, -0.05) is 88.0 Å². The smallest absolute Gasteiger partial charge is 0.0265 e. The molecule has 0 aromatic heterocycles. The lowest BCUT2D eigenvalue weighted by molar-refractivity contribution is 1.70. The van der Waals surface area contributed by atoms with Crippen molar-refractivity contribution in [1.29, 1.82) is 0 Å². The quantitative estimate of drug-likeness (QED) is 0.130. The molecule has 0 aliphatic rings. The van der Waals surface area contributed by atoms with Crippen molar-refractivity contribution in [2.75, 3.05) is 0 Å². The molecule has 0 radical (unpaired) electrons. The van der Waals surface area contributed by atoms with E-state index >= 15 is 0 Å². The van der Waals surface area contributed by atoms with Gasteiger partial charge in [0.05, 0.1) is 0 Å². The van der Waals surface area contributed by atoms with Crippen LogP contribution < -0.4 is 0 Å². The molecule has 0 fully saturated rings. The zero-order chi connectivity index (χ0) is 16.6. The normalized spacial score (nSPS) is 12.2. The summed E-state index contributed by atoms with van der Waals surface area (Å²) in [7, 11) is 0. The van der Waals surface area contributed by atoms with Crippen LogP contribution in [0.5, 0.6) is 0 Å². The van der Waals surface area contributed by atoms with Crippen LogP contribution in [0.1, 0.15) is 0 Å². The Balaban J connectivity index is 2.26. The molecule has 0 aliphatic heterocycles. The summed E-state index contributed by atoms with van der Waals surface area (Å²) < 4.78 is 4.46. The lowest BCUT2D eigenvalue weighted by Crippen LogP contribution is -1.89. The van der Waals surface area contributed by atoms with Gasteiger partial charge in [-0.05, 0) is 56.6 Å². The number of halogens is 4. The minimum absolute atomic E-state index is 1.11. The molecule has 5 aromatic carbocycles. The van der Waals surface area contributed by atoms with Crippen LogP contribution in [-0.4, -0.2) is 0 Å². The van der Waals surface area contributed by atoms with Crippen molar-refractivity contribution < 1.29 is 0 Å². The van der Waals surface area contributed by atoms with Gasteiger partial charge >= 0.3 is 0 Å². The molecule has 4 heteroatoms. The molecular weight excluding hydrogens is 560 g/mol. The van der Waals surface area contributed by atoms with Crippen molar-refractivity contribution >= 4 is 107 Å². The van der Waals surface area contributed by atoms with Crippen LogP contribution in [0, 0.1) is 0 Å². The lowest BCUT2D eigenvalue weighted by atomic mass is 9.90. The highest BCUT2D eigenvalue weighted by molar-refractivity contribution is 9.11. The highest BCUT2D eigenvalue weighted by atomic mass is 79.9. The zero-order valence-electron chi connectivity index (χ0n) is 12.1. The van der Waals surface area contributed by atoms with Crippen LogP contribution in [0.2, 0.25) is 0 Å². The third-order valence-electron chi connectivity index (χ3n) is 4.70. The molecule has 24 heavy (non-hydrogen) atoms. The van der Waals surface area contributed by atoms with Crippen LogP contribution in [0.3, 0.4) is 0 Å². The van der Waals surface area contributed by atoms with E-state index in [2.05, 4.69) is 112 Å². The maximum atomic E-state index is 3.72. The van der Waals surface area contributed by atoms with Crippen molar-refractivity contribution in [3.63, 3.8) is 0 Å². The van der Waals surface area contributed by atoms with Gasteiger partial charge < -0.3 is 0 Å². The summed E-state index contributed by atoms with van der Waals surface area (Å²) in [6, 6.07) is 17.4. The molecule has 0 saturated carbocycles. The van der Waals surface area contributed by atoms with Gasteiger partial charge in [0.25, 0.3) is 0 Å². The van der Waals surface area contributed by atoms with E-state index in [-0.39, 0.29) is 0 Å². The number of hydrogen-bond donors (Lipinski definition) is 0. The van der Waals surface area contributed by atoms with Gasteiger partial charge in [-0.15, -0.1) is 0 Å². The molecule has 0 bridgehead atoms. The fourth-order valence-electron chi connectivity index (χ4n) is 3.73. The number of fused-ring (bicyclic) bond motifs is 2. The van der Waals surface area contributed by atoms with Crippen LogP contribution in [0.15, 0.2) is 66.4 Å². The van der Waals surface area contributed by atoms with Crippen LogP contribution in [0.4, 0.5) is 0 Å². The van der Waals surface area contributed by atoms with E-state index in [1.165, 1.54) is 43.1 Å². The summed E-state index contributed by atoms with van der Waals surface area (Å²) in [5.41, 5.74) is 0. The Morgan fingerprint density at radius 1 is 0.333 bits per heavy atom. The molecule has 0 spiro atoms. The molecule has 0 N–H and O–H groups in total. The van der Waals surface area contributed by atoms with E-state index in [0.717, 1.165) is 17.9 Å². The SMILES string of the molecule is Brc1ccc2c3ccc(Br)c4c(Br)ccc(c5ccc(Br)c1c25)c43. The Morgan fingerprint density at radius 2 is 0.583 bits per heavy atom. The van der Waals surface area contributed by atoms with Gasteiger partial charge in [0.15, 0.2) is 0 Å². The Bertz CT molecular complexity index is 1090. The number of benzene rings is 5. The standard InChI is InChI=1S/C20H8Br4/c21-13-5-1-9-10-2-6-15(23)20-16(24)8-4-12(18(10)20)11-3-7-14(22)19(13)17(9)11/h1-8H. The van der Waals surface area contributed by atoms with Gasteiger partial charge in [-0.2, -0.15) is 0 Å². The van der Waals surface area contributed by atoms with Gasteiger partial charge in [0.2, 0.25) is 0 Å². The molecule has 0 nitrogen and oxygen atoms in total. The van der Waals surface area contributed by atoms with Crippen molar-refractivity contribution in [3.05, 3.63) is 66.4 Å². The topological polar surface area (TPSA) is 0 Å². The van der Waals surface area contributed by atoms with E-state index < -0.39 is 0 Å². The maximum Gasteiger partial charge on any atom is 0.0265 e. The largest absolute Gasteiger partial charge is 0.0526 e. The van der Waals surface area contributed by atoms with Gasteiger partial charge in [0, 0.05) is 28.7 Å². The summed E-state index contributed by atoms with van der Waals surface area (Å²) in [5, 5.41) is 10.2. The molecule has 116 valence electrons. The molecule has 0 saturated heterocycles. The average Bonchev–Trinajstić information content (AvgIpc) is 2.57. The first-order chi connectivity index (χ1) is 11.6. The van der Waals surface area contributed by atoms with Crippen molar-refractivity contribution in [1.82, 2.24) is 0 Å². The monoisotopic (exact) mass is 564 g/mol. The van der Waals surface area contributed by atoms with Crippen molar-refractivity contribution in [2.24, 2.45) is 0 Å². The first-order valence-electron chi connectivity index (χ1n) is 7.40. The first-order valence-corrected chi connectivity index (χ1v) is 10.6. The van der Waals surface area contributed by atoms with Crippen LogP contribution in [-0.2, 0) is 0 Å². The zero-order valence-corrected chi connectivity index (χ0v) is 18.5. The van der Waals surface area contributed by atoms with E-state index in [1.54, 1.807) is 0 Å². The molecule has 0 unspecified atom stereocenters. The summed E-state index contributed by atoms with van der Waals surface area (Å²) in [6.07, 6.45) is 0. The van der Waals surface area contributed by atoms with E-state index in [4.69, 9.17) is 0 Å². The minimum atomic E-state index is 1.11. The summed E-state index contributed by atoms with van der Waals surface area (Å²) in [5.74, 6) is 0. The second-order valence-corrected chi connectivity index (χ2v) is 9.30. The summed E-state index contributed by atoms with van der Waals surface area (Å²) in [4.78, 5) is 0. The van der Waals surface area contributed by atoms with Crippen molar-refractivity contribution in [2.45, 2.75) is 0 Å². The van der Waals surface area contributed by atoms with Gasteiger partial charge in [-0.25, -0.2) is 0 Å². The van der Waals surface area contributed by atoms with E-state index in [0.29, 0.717) is 0 Å². The van der Waals surface area contributed by atoms with Crippen molar-refractivity contribution in [3.8, 4) is 0 Å². The molecule has 0 amide bonds. The Kier molecular flexibility index (Phi) is 3.51. The predicted molar refractivity (Wildman–Crippen MR) is 118 cm³/mol. The average molecular weight is 568 g/mol.